The van der Waals surface area contributed by atoms with Crippen LogP contribution in [0.25, 0.3) is 16.9 Å². The molecule has 2 N–H and O–H groups in total. The van der Waals surface area contributed by atoms with E-state index < -0.39 is 0 Å². The van der Waals surface area contributed by atoms with E-state index in [-0.39, 0.29) is 0 Å². The van der Waals surface area contributed by atoms with Crippen LogP contribution in [-0.2, 0) is 6.42 Å². The van der Waals surface area contributed by atoms with Gasteiger partial charge in [-0.05, 0) is 24.6 Å². The summed E-state index contributed by atoms with van der Waals surface area (Å²) in [5.41, 5.74) is 10.1. The summed E-state index contributed by atoms with van der Waals surface area (Å²) in [4.78, 5) is 8.84. The van der Waals surface area contributed by atoms with E-state index in [9.17, 15) is 0 Å². The number of hydrogen-bond donors (Lipinski definition) is 1. The molecule has 0 aliphatic heterocycles. The first kappa shape index (κ1) is 11.9. The molecule has 2 heterocycles. The molecule has 0 aliphatic rings. The summed E-state index contributed by atoms with van der Waals surface area (Å²) in [6.45, 7) is 2.71. The van der Waals surface area contributed by atoms with Crippen LogP contribution in [0.2, 0.25) is 0 Å². The molecular weight excluding hydrogens is 236 g/mol. The zero-order valence-corrected chi connectivity index (χ0v) is 10.9. The SMILES string of the molecule is Cc1ccccc1-c1cnc2nc(CCN)cn2c1. The Morgan fingerprint density at radius 1 is 1.21 bits per heavy atom. The van der Waals surface area contributed by atoms with Crippen molar-refractivity contribution in [2.75, 3.05) is 6.54 Å². The van der Waals surface area contributed by atoms with Gasteiger partial charge < -0.3 is 5.73 Å². The monoisotopic (exact) mass is 252 g/mol. The number of fused-ring (bicyclic) bond motifs is 1. The highest BCUT2D eigenvalue weighted by atomic mass is 15.1. The highest BCUT2D eigenvalue weighted by molar-refractivity contribution is 5.66. The van der Waals surface area contributed by atoms with Crippen molar-refractivity contribution in [1.29, 1.82) is 0 Å². The van der Waals surface area contributed by atoms with Gasteiger partial charge in [-0.25, -0.2) is 9.97 Å². The lowest BCUT2D eigenvalue weighted by Crippen LogP contribution is -2.02. The number of hydrogen-bond acceptors (Lipinski definition) is 3. The first-order chi connectivity index (χ1) is 9.28. The number of nitrogens with two attached hydrogens (primary N) is 1. The highest BCUT2D eigenvalue weighted by Gasteiger charge is 2.06. The van der Waals surface area contributed by atoms with Crippen LogP contribution in [0.4, 0.5) is 0 Å². The molecule has 0 atom stereocenters. The Morgan fingerprint density at radius 3 is 2.84 bits per heavy atom. The van der Waals surface area contributed by atoms with E-state index in [1.54, 1.807) is 0 Å². The molecule has 0 spiro atoms. The molecule has 1 aromatic carbocycles. The minimum Gasteiger partial charge on any atom is -0.330 e. The smallest absolute Gasteiger partial charge is 0.233 e. The van der Waals surface area contributed by atoms with Crippen LogP contribution in [0.5, 0.6) is 0 Å². The van der Waals surface area contributed by atoms with Gasteiger partial charge >= 0.3 is 0 Å². The largest absolute Gasteiger partial charge is 0.330 e. The van der Waals surface area contributed by atoms with Crippen molar-refractivity contribution in [2.24, 2.45) is 5.73 Å². The van der Waals surface area contributed by atoms with Crippen LogP contribution in [0.3, 0.4) is 0 Å². The molecule has 0 unspecified atom stereocenters. The minimum absolute atomic E-state index is 0.606. The van der Waals surface area contributed by atoms with E-state index >= 15 is 0 Å². The van der Waals surface area contributed by atoms with E-state index in [4.69, 9.17) is 5.73 Å². The number of nitrogens with zero attached hydrogens (tertiary/aromatic N) is 3. The lowest BCUT2D eigenvalue weighted by Gasteiger charge is -2.05. The van der Waals surface area contributed by atoms with Gasteiger partial charge in [-0.1, -0.05) is 24.3 Å². The van der Waals surface area contributed by atoms with Crippen LogP contribution >= 0.6 is 0 Å². The van der Waals surface area contributed by atoms with Gasteiger partial charge in [-0.15, -0.1) is 0 Å². The van der Waals surface area contributed by atoms with E-state index in [0.29, 0.717) is 6.54 Å². The molecule has 4 nitrogen and oxygen atoms in total. The van der Waals surface area contributed by atoms with Crippen LogP contribution in [-0.4, -0.2) is 20.9 Å². The van der Waals surface area contributed by atoms with Gasteiger partial charge in [0.1, 0.15) is 0 Å². The van der Waals surface area contributed by atoms with E-state index in [1.165, 1.54) is 11.1 Å². The lowest BCUT2D eigenvalue weighted by atomic mass is 10.0. The Morgan fingerprint density at radius 2 is 2.05 bits per heavy atom. The summed E-state index contributed by atoms with van der Waals surface area (Å²) in [6, 6.07) is 8.30. The first-order valence-corrected chi connectivity index (χ1v) is 6.37. The van der Waals surface area contributed by atoms with E-state index in [2.05, 4.69) is 35.2 Å². The molecule has 2 aromatic heterocycles. The molecule has 0 bridgehead atoms. The lowest BCUT2D eigenvalue weighted by molar-refractivity contribution is 0.936. The van der Waals surface area contributed by atoms with Crippen molar-refractivity contribution in [3.63, 3.8) is 0 Å². The Labute approximate surface area is 111 Å². The number of benzene rings is 1. The number of aryl methyl sites for hydroxylation is 1. The third-order valence-electron chi connectivity index (χ3n) is 3.22. The van der Waals surface area contributed by atoms with Gasteiger partial charge in [0, 0.05) is 30.6 Å². The van der Waals surface area contributed by atoms with Gasteiger partial charge in [-0.2, -0.15) is 0 Å². The average molecular weight is 252 g/mol. The standard InChI is InChI=1S/C15H16N4/c1-11-4-2-3-5-14(11)12-8-17-15-18-13(6-7-16)10-19(15)9-12/h2-5,8-10H,6-7,16H2,1H3. The van der Waals surface area contributed by atoms with Crippen LogP contribution in [0.15, 0.2) is 42.9 Å². The van der Waals surface area contributed by atoms with E-state index in [0.717, 1.165) is 23.5 Å². The van der Waals surface area contributed by atoms with Crippen LogP contribution in [0.1, 0.15) is 11.3 Å². The fraction of sp³-hybridized carbons (Fsp3) is 0.200. The Bertz CT molecular complexity index is 715. The molecule has 0 saturated heterocycles. The predicted molar refractivity (Wildman–Crippen MR) is 75.9 cm³/mol. The summed E-state index contributed by atoms with van der Waals surface area (Å²) in [7, 11) is 0. The summed E-state index contributed by atoms with van der Waals surface area (Å²) >= 11 is 0. The summed E-state index contributed by atoms with van der Waals surface area (Å²) < 4.78 is 1.97. The van der Waals surface area contributed by atoms with Crippen molar-refractivity contribution >= 4 is 5.78 Å². The number of aromatic nitrogens is 3. The highest BCUT2D eigenvalue weighted by Crippen LogP contribution is 2.22. The van der Waals surface area contributed by atoms with Crippen LogP contribution < -0.4 is 5.73 Å². The third-order valence-corrected chi connectivity index (χ3v) is 3.22. The molecular formula is C15H16N4. The van der Waals surface area contributed by atoms with E-state index in [1.807, 2.05) is 28.9 Å². The molecule has 3 aromatic rings. The zero-order chi connectivity index (χ0) is 13.2. The van der Waals surface area contributed by atoms with Gasteiger partial charge in [0.15, 0.2) is 0 Å². The molecule has 0 fully saturated rings. The Kier molecular flexibility index (Phi) is 3.01. The Hall–Kier alpha value is -2.20. The van der Waals surface area contributed by atoms with Crippen molar-refractivity contribution in [3.05, 3.63) is 54.1 Å². The topological polar surface area (TPSA) is 56.2 Å². The third kappa shape index (κ3) is 2.22. The second kappa shape index (κ2) is 4.82. The van der Waals surface area contributed by atoms with Gasteiger partial charge in [0.2, 0.25) is 5.78 Å². The number of imidazole rings is 1. The molecule has 0 radical (unpaired) electrons. The summed E-state index contributed by atoms with van der Waals surface area (Å²) in [5.74, 6) is 0.723. The summed E-state index contributed by atoms with van der Waals surface area (Å²) in [5, 5.41) is 0. The van der Waals surface area contributed by atoms with Crippen molar-refractivity contribution in [2.45, 2.75) is 13.3 Å². The second-order valence-corrected chi connectivity index (χ2v) is 4.64. The summed E-state index contributed by atoms with van der Waals surface area (Å²) in [6.07, 6.45) is 6.72. The second-order valence-electron chi connectivity index (χ2n) is 4.64. The van der Waals surface area contributed by atoms with Crippen molar-refractivity contribution < 1.29 is 0 Å². The van der Waals surface area contributed by atoms with Gasteiger partial charge in [-0.3, -0.25) is 4.40 Å². The molecule has 19 heavy (non-hydrogen) atoms. The molecule has 96 valence electrons. The minimum atomic E-state index is 0.606. The first-order valence-electron chi connectivity index (χ1n) is 6.37. The van der Waals surface area contributed by atoms with Crippen molar-refractivity contribution in [1.82, 2.24) is 14.4 Å². The maximum absolute atomic E-state index is 5.55. The molecule has 0 saturated carbocycles. The van der Waals surface area contributed by atoms with Crippen LogP contribution in [0, 0.1) is 6.92 Å². The zero-order valence-electron chi connectivity index (χ0n) is 10.9. The molecule has 0 aliphatic carbocycles. The molecule has 0 amide bonds. The predicted octanol–water partition coefficient (Wildman–Crippen LogP) is 2.21. The normalized spacial score (nSPS) is 11.1. The maximum Gasteiger partial charge on any atom is 0.233 e. The molecule has 3 rings (SSSR count). The Balaban J connectivity index is 2.08. The fourth-order valence-electron chi connectivity index (χ4n) is 2.24. The maximum atomic E-state index is 5.55. The number of rotatable bonds is 3. The molecule has 4 heteroatoms. The fourth-order valence-corrected chi connectivity index (χ4v) is 2.24. The van der Waals surface area contributed by atoms with Gasteiger partial charge in [0.25, 0.3) is 0 Å². The van der Waals surface area contributed by atoms with Gasteiger partial charge in [0.05, 0.1) is 5.69 Å². The van der Waals surface area contributed by atoms with Crippen molar-refractivity contribution in [3.8, 4) is 11.1 Å². The average Bonchev–Trinajstić information content (AvgIpc) is 2.81. The quantitative estimate of drug-likeness (QED) is 0.777.